The first-order valence-corrected chi connectivity index (χ1v) is 8.73. The molecule has 3 heterocycles. The van der Waals surface area contributed by atoms with Crippen LogP contribution >= 0.6 is 0 Å². The molecule has 0 amide bonds. The molecule has 8 N–H and O–H groups in total. The Hall–Kier alpha value is -2.13. The lowest BCUT2D eigenvalue weighted by Crippen LogP contribution is -2.58. The smallest absolute Gasteiger partial charge is 0.185 e. The molecule has 1 aliphatic rings. The summed E-state index contributed by atoms with van der Waals surface area (Å²) in [6.07, 6.45) is -6.44. The van der Waals surface area contributed by atoms with E-state index in [9.17, 15) is 4.79 Å². The predicted molar refractivity (Wildman–Crippen MR) is 96.6 cm³/mol. The number of hydrogen-bond donors (Lipinski definition) is 8. The minimum absolute atomic E-state index is 0.111. The summed E-state index contributed by atoms with van der Waals surface area (Å²) in [7, 11) is 0. The van der Waals surface area contributed by atoms with Crippen LogP contribution in [0, 0.1) is 0 Å². The van der Waals surface area contributed by atoms with Gasteiger partial charge in [-0.1, -0.05) is 0 Å². The summed E-state index contributed by atoms with van der Waals surface area (Å²) in [5, 5.41) is 70.0. The van der Waals surface area contributed by atoms with Gasteiger partial charge in [-0.25, -0.2) is 0 Å². The molecule has 1 aliphatic heterocycles. The number of carbonyl (C=O) groups is 1. The first kappa shape index (κ1) is 25.9. The summed E-state index contributed by atoms with van der Waals surface area (Å²) in [4.78, 5) is 9.96. The Bertz CT molecular complexity index is 703. The largest absolute Gasteiger partial charge is 0.461 e. The third-order valence-corrected chi connectivity index (χ3v) is 3.85. The zero-order valence-electron chi connectivity index (χ0n) is 15.8. The minimum Gasteiger partial charge on any atom is -0.461 e. The molecule has 30 heavy (non-hydrogen) atoms. The van der Waals surface area contributed by atoms with E-state index in [-0.39, 0.29) is 25.6 Å². The van der Waals surface area contributed by atoms with Crippen molar-refractivity contribution in [1.82, 2.24) is 0 Å². The highest BCUT2D eigenvalue weighted by atomic mass is 16.6. The predicted octanol–water partition coefficient (Wildman–Crippen LogP) is -2.37. The van der Waals surface area contributed by atoms with Gasteiger partial charge in [-0.05, 0) is 24.3 Å². The summed E-state index contributed by atoms with van der Waals surface area (Å²) < 4.78 is 14.2. The van der Waals surface area contributed by atoms with E-state index in [1.165, 1.54) is 6.07 Å². The highest BCUT2D eigenvalue weighted by molar-refractivity contribution is 5.70. The van der Waals surface area contributed by atoms with Gasteiger partial charge in [0.25, 0.3) is 0 Å². The van der Waals surface area contributed by atoms with Crippen molar-refractivity contribution in [3.05, 3.63) is 47.3 Å². The lowest BCUT2D eigenvalue weighted by atomic mass is 10.00. The maximum absolute atomic E-state index is 9.96. The van der Waals surface area contributed by atoms with E-state index in [4.69, 9.17) is 49.7 Å². The average molecular weight is 434 g/mol. The third-order valence-electron chi connectivity index (χ3n) is 3.85. The molecule has 1 saturated heterocycles. The van der Waals surface area contributed by atoms with Crippen LogP contribution in [-0.4, -0.2) is 84.5 Å². The van der Waals surface area contributed by atoms with Crippen molar-refractivity contribution in [1.29, 1.82) is 0 Å². The van der Waals surface area contributed by atoms with Crippen LogP contribution in [0.2, 0.25) is 0 Å². The molecule has 5 atom stereocenters. The fourth-order valence-corrected chi connectivity index (χ4v) is 2.22. The first-order valence-electron chi connectivity index (χ1n) is 8.73. The molecule has 170 valence electrons. The topological polar surface area (TPSA) is 214 Å². The number of carbonyl (C=O) groups excluding carboxylic acids is 1. The number of aliphatic hydroxyl groups is 8. The molecule has 1 fully saturated rings. The van der Waals surface area contributed by atoms with Crippen LogP contribution in [0.1, 0.15) is 27.8 Å². The van der Waals surface area contributed by atoms with Gasteiger partial charge in [-0.15, -0.1) is 0 Å². The van der Waals surface area contributed by atoms with E-state index in [0.29, 0.717) is 23.6 Å². The monoisotopic (exact) mass is 434 g/mol. The molecular formula is C18H26O12. The standard InChI is InChI=1S/C6H12O6.C6H8O3.C6H6O3/c7-1-2-3(8)4(9)5(10)6(11)12-2;2*7-3-5-1-2-6(4-8)9-5/h2-11H,1H2;1-2,7-8H,3-4H2;1-3,8H,4H2. The van der Waals surface area contributed by atoms with Gasteiger partial charge in [0.15, 0.2) is 18.3 Å². The Morgan fingerprint density at radius 2 is 1.23 bits per heavy atom. The summed E-state index contributed by atoms with van der Waals surface area (Å²) in [5.74, 6) is 1.63. The van der Waals surface area contributed by atoms with Gasteiger partial charge in [0.1, 0.15) is 61.5 Å². The fourth-order valence-electron chi connectivity index (χ4n) is 2.22. The molecule has 12 nitrogen and oxygen atoms in total. The summed E-state index contributed by atoms with van der Waals surface area (Å²) in [6, 6.07) is 6.33. The minimum atomic E-state index is -1.57. The number of furan rings is 2. The van der Waals surface area contributed by atoms with Gasteiger partial charge in [0.2, 0.25) is 0 Å². The molecule has 2 aromatic rings. The van der Waals surface area contributed by atoms with Crippen molar-refractivity contribution in [3.63, 3.8) is 0 Å². The summed E-state index contributed by atoms with van der Waals surface area (Å²) in [5.41, 5.74) is 0. The van der Waals surface area contributed by atoms with Crippen molar-refractivity contribution >= 4 is 6.29 Å². The van der Waals surface area contributed by atoms with Crippen LogP contribution < -0.4 is 0 Å². The molecule has 0 spiro atoms. The van der Waals surface area contributed by atoms with E-state index in [0.717, 1.165) is 0 Å². The highest BCUT2D eigenvalue weighted by Gasteiger charge is 2.42. The van der Waals surface area contributed by atoms with Crippen molar-refractivity contribution in [2.24, 2.45) is 0 Å². The Morgan fingerprint density at radius 3 is 1.60 bits per heavy atom. The molecule has 0 radical (unpaired) electrons. The highest BCUT2D eigenvalue weighted by Crippen LogP contribution is 2.19. The lowest BCUT2D eigenvalue weighted by Gasteiger charge is -2.37. The van der Waals surface area contributed by atoms with Crippen molar-refractivity contribution in [2.75, 3.05) is 6.61 Å². The molecule has 5 unspecified atom stereocenters. The molecule has 0 aliphatic carbocycles. The van der Waals surface area contributed by atoms with Gasteiger partial charge in [-0.3, -0.25) is 4.79 Å². The molecule has 3 rings (SSSR count). The Balaban J connectivity index is 0.000000229. The van der Waals surface area contributed by atoms with Gasteiger partial charge >= 0.3 is 0 Å². The quantitative estimate of drug-likeness (QED) is 0.232. The Labute approximate surface area is 170 Å². The summed E-state index contributed by atoms with van der Waals surface area (Å²) in [6.45, 7) is -0.907. The second-order valence-corrected chi connectivity index (χ2v) is 5.98. The molecule has 0 saturated carbocycles. The zero-order chi connectivity index (χ0) is 22.7. The van der Waals surface area contributed by atoms with Crippen LogP contribution in [0.25, 0.3) is 0 Å². The fraction of sp³-hybridized carbons (Fsp3) is 0.500. The van der Waals surface area contributed by atoms with Crippen LogP contribution in [0.3, 0.4) is 0 Å². The average Bonchev–Trinajstić information content (AvgIpc) is 3.44. The van der Waals surface area contributed by atoms with Crippen LogP contribution in [0.5, 0.6) is 0 Å². The van der Waals surface area contributed by atoms with Gasteiger partial charge in [-0.2, -0.15) is 0 Å². The molecular weight excluding hydrogens is 408 g/mol. The normalized spacial score (nSPS) is 25.5. The van der Waals surface area contributed by atoms with E-state index in [1.807, 2.05) is 0 Å². The maximum atomic E-state index is 9.96. The summed E-state index contributed by atoms with van der Waals surface area (Å²) >= 11 is 0. The van der Waals surface area contributed by atoms with Crippen molar-refractivity contribution < 1.29 is 59.2 Å². The van der Waals surface area contributed by atoms with Crippen molar-refractivity contribution in [2.45, 2.75) is 50.5 Å². The SMILES string of the molecule is O=Cc1ccc(CO)o1.OCC1OC(O)C(O)C(O)C1O.OCc1ccc(CO)o1. The Kier molecular flexibility index (Phi) is 11.4. The maximum Gasteiger partial charge on any atom is 0.185 e. The van der Waals surface area contributed by atoms with Crippen molar-refractivity contribution in [3.8, 4) is 0 Å². The third kappa shape index (κ3) is 7.60. The number of hydrogen-bond acceptors (Lipinski definition) is 12. The van der Waals surface area contributed by atoms with E-state index in [1.54, 1.807) is 18.2 Å². The second kappa shape index (κ2) is 13.2. The number of rotatable bonds is 5. The number of aliphatic hydroxyl groups excluding tert-OH is 8. The molecule has 12 heteroatoms. The second-order valence-electron chi connectivity index (χ2n) is 5.98. The molecule has 0 bridgehead atoms. The lowest BCUT2D eigenvalue weighted by molar-refractivity contribution is -0.286. The first-order chi connectivity index (χ1) is 14.3. The van der Waals surface area contributed by atoms with E-state index >= 15 is 0 Å². The number of ether oxygens (including phenoxy) is 1. The molecule has 2 aromatic heterocycles. The van der Waals surface area contributed by atoms with Crippen LogP contribution in [-0.2, 0) is 24.6 Å². The zero-order valence-corrected chi connectivity index (χ0v) is 15.8. The van der Waals surface area contributed by atoms with E-state index < -0.39 is 37.3 Å². The Morgan fingerprint density at radius 1 is 0.733 bits per heavy atom. The van der Waals surface area contributed by atoms with Gasteiger partial charge in [0.05, 0.1) is 6.61 Å². The van der Waals surface area contributed by atoms with E-state index in [2.05, 4.69) is 4.74 Å². The van der Waals surface area contributed by atoms with Crippen LogP contribution in [0.15, 0.2) is 33.1 Å². The molecule has 0 aromatic carbocycles. The van der Waals surface area contributed by atoms with Gasteiger partial charge in [0, 0.05) is 0 Å². The number of aldehydes is 1. The van der Waals surface area contributed by atoms with Gasteiger partial charge < -0.3 is 54.4 Å². The van der Waals surface area contributed by atoms with Crippen LogP contribution in [0.4, 0.5) is 0 Å².